The van der Waals surface area contributed by atoms with Crippen molar-refractivity contribution >= 4 is 41.7 Å². The topological polar surface area (TPSA) is 76.4 Å². The summed E-state index contributed by atoms with van der Waals surface area (Å²) < 4.78 is 7.23. The molecule has 0 aliphatic heterocycles. The third kappa shape index (κ3) is 7.59. The first-order valence-corrected chi connectivity index (χ1v) is 10.3. The minimum Gasteiger partial charge on any atom is -0.385 e. The van der Waals surface area contributed by atoms with Gasteiger partial charge in [-0.3, -0.25) is 0 Å². The molecular formula is C17H33IN6OS. The summed E-state index contributed by atoms with van der Waals surface area (Å²) in [6.07, 6.45) is 6.91. The smallest absolute Gasteiger partial charge is 0.191 e. The van der Waals surface area contributed by atoms with Crippen LogP contribution in [0.5, 0.6) is 0 Å². The molecule has 0 amide bonds. The fraction of sp³-hybridized carbons (Fsp3) is 0.824. The van der Waals surface area contributed by atoms with Crippen molar-refractivity contribution in [3.63, 3.8) is 0 Å². The van der Waals surface area contributed by atoms with Gasteiger partial charge in [0.25, 0.3) is 0 Å². The number of guanidine groups is 1. The van der Waals surface area contributed by atoms with Crippen molar-refractivity contribution in [1.29, 1.82) is 0 Å². The number of thioether (sulfide) groups is 1. The highest BCUT2D eigenvalue weighted by Gasteiger charge is 2.41. The Kier molecular flexibility index (Phi) is 10.9. The summed E-state index contributed by atoms with van der Waals surface area (Å²) in [7, 11) is 3.75. The Balaban J connectivity index is 0.00000338. The molecule has 0 unspecified atom stereocenters. The van der Waals surface area contributed by atoms with E-state index in [0.717, 1.165) is 55.9 Å². The zero-order chi connectivity index (χ0) is 18.1. The summed E-state index contributed by atoms with van der Waals surface area (Å²) >= 11 is 1.87. The summed E-state index contributed by atoms with van der Waals surface area (Å²) in [6, 6.07) is 0. The van der Waals surface area contributed by atoms with Crippen LogP contribution in [-0.4, -0.2) is 59.5 Å². The molecule has 1 heterocycles. The van der Waals surface area contributed by atoms with Gasteiger partial charge in [-0.15, -0.1) is 34.2 Å². The van der Waals surface area contributed by atoms with Crippen LogP contribution in [0.3, 0.4) is 0 Å². The number of halogens is 1. The SMILES string of the molecule is COCCC1(CNC(=NCc2nnc(C)n2C)NCCCSC)CC1.I. The van der Waals surface area contributed by atoms with Gasteiger partial charge >= 0.3 is 0 Å². The average Bonchev–Trinajstić information content (AvgIpc) is 3.32. The molecule has 0 bridgehead atoms. The summed E-state index contributed by atoms with van der Waals surface area (Å²) in [5.41, 5.74) is 0.388. The number of methoxy groups -OCH3 is 1. The molecule has 1 aromatic heterocycles. The molecule has 1 aliphatic rings. The van der Waals surface area contributed by atoms with Gasteiger partial charge in [0.1, 0.15) is 12.4 Å². The van der Waals surface area contributed by atoms with Crippen molar-refractivity contribution in [2.24, 2.45) is 17.5 Å². The molecule has 2 N–H and O–H groups in total. The van der Waals surface area contributed by atoms with Gasteiger partial charge in [-0.1, -0.05) is 0 Å². The lowest BCUT2D eigenvalue weighted by Crippen LogP contribution is -2.41. The fourth-order valence-electron chi connectivity index (χ4n) is 2.62. The van der Waals surface area contributed by atoms with Crippen molar-refractivity contribution in [3.05, 3.63) is 11.6 Å². The minimum absolute atomic E-state index is 0. The Bertz CT molecular complexity index is 561. The van der Waals surface area contributed by atoms with Gasteiger partial charge in [-0.2, -0.15) is 11.8 Å². The second-order valence-corrected chi connectivity index (χ2v) is 7.74. The number of aromatic nitrogens is 3. The van der Waals surface area contributed by atoms with E-state index in [9.17, 15) is 0 Å². The van der Waals surface area contributed by atoms with Gasteiger partial charge in [-0.25, -0.2) is 4.99 Å². The van der Waals surface area contributed by atoms with Crippen LogP contribution in [0.15, 0.2) is 4.99 Å². The summed E-state index contributed by atoms with van der Waals surface area (Å²) in [6.45, 7) is 5.18. The number of rotatable bonds is 11. The molecule has 2 rings (SSSR count). The number of aliphatic imine (C=N–C) groups is 1. The van der Waals surface area contributed by atoms with Gasteiger partial charge in [-0.05, 0) is 50.0 Å². The van der Waals surface area contributed by atoms with Crippen LogP contribution in [0.1, 0.15) is 37.3 Å². The largest absolute Gasteiger partial charge is 0.385 e. The third-order valence-electron chi connectivity index (χ3n) is 4.80. The van der Waals surface area contributed by atoms with Crippen molar-refractivity contribution < 1.29 is 4.74 Å². The first-order chi connectivity index (χ1) is 12.1. The first kappa shape index (κ1) is 23.5. The summed E-state index contributed by atoms with van der Waals surface area (Å²) in [5, 5.41) is 15.3. The normalized spacial score (nSPS) is 15.5. The molecule has 1 fully saturated rings. The lowest BCUT2D eigenvalue weighted by atomic mass is 10.0. The molecule has 150 valence electrons. The van der Waals surface area contributed by atoms with Gasteiger partial charge in [0, 0.05) is 33.9 Å². The monoisotopic (exact) mass is 496 g/mol. The van der Waals surface area contributed by atoms with Crippen LogP contribution in [0.2, 0.25) is 0 Å². The highest BCUT2D eigenvalue weighted by molar-refractivity contribution is 14.0. The number of nitrogens with zero attached hydrogens (tertiary/aromatic N) is 4. The van der Waals surface area contributed by atoms with E-state index in [4.69, 9.17) is 9.73 Å². The standard InChI is InChI=1S/C17H32N6OS.HI/c1-14-21-22-15(23(14)2)12-19-16(18-9-5-11-25-4)20-13-17(6-7-17)8-10-24-3;/h5-13H2,1-4H3,(H2,18,19,20);1H. The maximum Gasteiger partial charge on any atom is 0.191 e. The Morgan fingerprint density at radius 2 is 2.12 bits per heavy atom. The van der Waals surface area contributed by atoms with E-state index in [2.05, 4.69) is 27.1 Å². The zero-order valence-electron chi connectivity index (χ0n) is 16.4. The van der Waals surface area contributed by atoms with E-state index in [0.29, 0.717) is 12.0 Å². The van der Waals surface area contributed by atoms with Crippen LogP contribution in [-0.2, 0) is 18.3 Å². The number of ether oxygens (including phenoxy) is 1. The maximum absolute atomic E-state index is 5.24. The fourth-order valence-corrected chi connectivity index (χ4v) is 3.05. The predicted molar refractivity (Wildman–Crippen MR) is 119 cm³/mol. The van der Waals surface area contributed by atoms with Crippen molar-refractivity contribution in [3.8, 4) is 0 Å². The molecule has 1 aliphatic carbocycles. The lowest BCUT2D eigenvalue weighted by Gasteiger charge is -2.18. The molecule has 0 saturated heterocycles. The molecule has 0 aromatic carbocycles. The highest BCUT2D eigenvalue weighted by Crippen LogP contribution is 2.48. The average molecular weight is 496 g/mol. The van der Waals surface area contributed by atoms with Crippen molar-refractivity contribution in [1.82, 2.24) is 25.4 Å². The minimum atomic E-state index is 0. The highest BCUT2D eigenvalue weighted by atomic mass is 127. The zero-order valence-corrected chi connectivity index (χ0v) is 19.5. The lowest BCUT2D eigenvalue weighted by molar-refractivity contribution is 0.172. The van der Waals surface area contributed by atoms with E-state index >= 15 is 0 Å². The molecule has 7 nitrogen and oxygen atoms in total. The summed E-state index contributed by atoms with van der Waals surface area (Å²) in [5.74, 6) is 3.80. The van der Waals surface area contributed by atoms with Gasteiger partial charge < -0.3 is 19.9 Å². The molecule has 9 heteroatoms. The molecule has 1 saturated carbocycles. The number of aryl methyl sites for hydroxylation is 1. The van der Waals surface area contributed by atoms with Gasteiger partial charge in [0.05, 0.1) is 0 Å². The Labute approximate surface area is 178 Å². The third-order valence-corrected chi connectivity index (χ3v) is 5.50. The Hall–Kier alpha value is -0.550. The van der Waals surface area contributed by atoms with E-state index in [1.54, 1.807) is 7.11 Å². The molecule has 26 heavy (non-hydrogen) atoms. The van der Waals surface area contributed by atoms with Crippen molar-refractivity contribution in [2.45, 2.75) is 39.2 Å². The van der Waals surface area contributed by atoms with E-state index in [-0.39, 0.29) is 24.0 Å². The second kappa shape index (κ2) is 12.0. The second-order valence-electron chi connectivity index (χ2n) is 6.76. The van der Waals surface area contributed by atoms with Crippen molar-refractivity contribution in [2.75, 3.05) is 38.8 Å². The number of hydrogen-bond donors (Lipinski definition) is 2. The van der Waals surface area contributed by atoms with E-state index in [1.165, 1.54) is 12.8 Å². The van der Waals surface area contributed by atoms with Crippen LogP contribution in [0.25, 0.3) is 0 Å². The van der Waals surface area contributed by atoms with E-state index in [1.807, 2.05) is 30.3 Å². The maximum atomic E-state index is 5.24. The molecule has 0 radical (unpaired) electrons. The summed E-state index contributed by atoms with van der Waals surface area (Å²) in [4.78, 5) is 4.71. The molecular weight excluding hydrogens is 463 g/mol. The van der Waals surface area contributed by atoms with Crippen LogP contribution >= 0.6 is 35.7 Å². The first-order valence-electron chi connectivity index (χ1n) is 8.95. The van der Waals surface area contributed by atoms with Crippen LogP contribution in [0.4, 0.5) is 0 Å². The predicted octanol–water partition coefficient (Wildman–Crippen LogP) is 2.35. The quantitative estimate of drug-likeness (QED) is 0.212. The van der Waals surface area contributed by atoms with Crippen LogP contribution < -0.4 is 10.6 Å². The number of nitrogens with one attached hydrogen (secondary N) is 2. The van der Waals surface area contributed by atoms with Gasteiger partial charge in [0.2, 0.25) is 0 Å². The van der Waals surface area contributed by atoms with Crippen LogP contribution in [0, 0.1) is 12.3 Å². The molecule has 0 atom stereocenters. The molecule has 1 aromatic rings. The number of hydrogen-bond acceptors (Lipinski definition) is 5. The van der Waals surface area contributed by atoms with E-state index < -0.39 is 0 Å². The Morgan fingerprint density at radius 3 is 2.69 bits per heavy atom. The Morgan fingerprint density at radius 1 is 1.35 bits per heavy atom. The molecule has 0 spiro atoms. The van der Waals surface area contributed by atoms with Gasteiger partial charge in [0.15, 0.2) is 11.8 Å².